The Balaban J connectivity index is 1.90. The summed E-state index contributed by atoms with van der Waals surface area (Å²) in [4.78, 5) is 13.3. The number of ether oxygens (including phenoxy) is 2. The molecule has 5 nitrogen and oxygen atoms in total. The number of benzene rings is 3. The minimum absolute atomic E-state index is 0.136. The lowest BCUT2D eigenvalue weighted by molar-refractivity contribution is -0.117. The van der Waals surface area contributed by atoms with Crippen molar-refractivity contribution in [2.45, 2.75) is 26.8 Å². The zero-order valence-corrected chi connectivity index (χ0v) is 17.9. The molecule has 0 spiro atoms. The lowest BCUT2D eigenvalue weighted by Crippen LogP contribution is -2.27. The molecule has 0 radical (unpaired) electrons. The number of hydrogen-bond acceptors (Lipinski definition) is 4. The Morgan fingerprint density at radius 3 is 2.43 bits per heavy atom. The Kier molecular flexibility index (Phi) is 6.96. The van der Waals surface area contributed by atoms with Gasteiger partial charge in [0.05, 0.1) is 13.7 Å². The van der Waals surface area contributed by atoms with Gasteiger partial charge in [0.2, 0.25) is 0 Å². The van der Waals surface area contributed by atoms with E-state index >= 15 is 0 Å². The van der Waals surface area contributed by atoms with Crippen molar-refractivity contribution >= 4 is 17.3 Å². The van der Waals surface area contributed by atoms with Crippen molar-refractivity contribution in [3.63, 3.8) is 0 Å². The van der Waals surface area contributed by atoms with Gasteiger partial charge in [-0.1, -0.05) is 42.5 Å². The molecule has 2 N–H and O–H groups in total. The maximum absolute atomic E-state index is 13.3. The number of nitrogens with one attached hydrogen (secondary N) is 2. The van der Waals surface area contributed by atoms with Gasteiger partial charge in [0, 0.05) is 17.4 Å². The molecule has 0 aliphatic heterocycles. The quantitative estimate of drug-likeness (QED) is 0.520. The maximum Gasteiger partial charge on any atom is 0.251 e. The first-order valence-corrected chi connectivity index (χ1v) is 10.0. The van der Waals surface area contributed by atoms with Crippen molar-refractivity contribution in [1.82, 2.24) is 0 Å². The van der Waals surface area contributed by atoms with Crippen LogP contribution in [0, 0.1) is 13.8 Å². The van der Waals surface area contributed by atoms with Crippen LogP contribution in [0.4, 0.5) is 11.4 Å². The second-order valence-electron chi connectivity index (χ2n) is 7.09. The van der Waals surface area contributed by atoms with Gasteiger partial charge < -0.3 is 20.1 Å². The second kappa shape index (κ2) is 9.83. The van der Waals surface area contributed by atoms with E-state index < -0.39 is 6.04 Å². The molecule has 0 aromatic heterocycles. The van der Waals surface area contributed by atoms with E-state index in [1.807, 2.05) is 87.5 Å². The molecule has 0 unspecified atom stereocenters. The minimum atomic E-state index is -0.575. The highest BCUT2D eigenvalue weighted by atomic mass is 16.5. The van der Waals surface area contributed by atoms with E-state index in [9.17, 15) is 4.79 Å². The third kappa shape index (κ3) is 5.11. The van der Waals surface area contributed by atoms with Gasteiger partial charge in [0.15, 0.2) is 11.5 Å². The van der Waals surface area contributed by atoms with Crippen molar-refractivity contribution in [2.24, 2.45) is 0 Å². The fourth-order valence-corrected chi connectivity index (χ4v) is 3.22. The van der Waals surface area contributed by atoms with Crippen LogP contribution in [0.2, 0.25) is 0 Å². The van der Waals surface area contributed by atoms with Gasteiger partial charge in [0.25, 0.3) is 5.91 Å². The van der Waals surface area contributed by atoms with Gasteiger partial charge in [-0.25, -0.2) is 0 Å². The number of hydrogen-bond donors (Lipinski definition) is 2. The molecule has 0 saturated carbocycles. The summed E-state index contributed by atoms with van der Waals surface area (Å²) in [5, 5.41) is 6.42. The van der Waals surface area contributed by atoms with E-state index in [2.05, 4.69) is 10.6 Å². The summed E-state index contributed by atoms with van der Waals surface area (Å²) in [5.41, 5.74) is 4.56. The Labute approximate surface area is 178 Å². The minimum Gasteiger partial charge on any atom is -0.493 e. The molecule has 0 bridgehead atoms. The number of anilines is 2. The molecule has 0 aliphatic rings. The monoisotopic (exact) mass is 404 g/mol. The van der Waals surface area contributed by atoms with Crippen molar-refractivity contribution in [1.29, 1.82) is 0 Å². The number of carbonyl (C=O) groups excluding carboxylic acids is 1. The van der Waals surface area contributed by atoms with Crippen LogP contribution in [0.3, 0.4) is 0 Å². The molecular weight excluding hydrogens is 376 g/mol. The summed E-state index contributed by atoms with van der Waals surface area (Å²) >= 11 is 0. The predicted octanol–water partition coefficient (Wildman–Crippen LogP) is 5.50. The molecule has 156 valence electrons. The number of amides is 1. The van der Waals surface area contributed by atoms with Gasteiger partial charge in [-0.05, 0) is 55.7 Å². The number of aryl methyl sites for hydroxylation is 2. The van der Waals surface area contributed by atoms with E-state index in [-0.39, 0.29) is 5.91 Å². The zero-order valence-electron chi connectivity index (χ0n) is 17.9. The fraction of sp³-hybridized carbons (Fsp3) is 0.240. The summed E-state index contributed by atoms with van der Waals surface area (Å²) in [6.07, 6.45) is 0. The van der Waals surface area contributed by atoms with Crippen molar-refractivity contribution < 1.29 is 14.3 Å². The molecule has 0 fully saturated rings. The largest absolute Gasteiger partial charge is 0.493 e. The van der Waals surface area contributed by atoms with E-state index in [0.717, 1.165) is 28.1 Å². The average molecular weight is 405 g/mol. The van der Waals surface area contributed by atoms with Crippen LogP contribution in [-0.2, 0) is 4.79 Å². The van der Waals surface area contributed by atoms with Crippen LogP contribution in [0.1, 0.15) is 29.7 Å². The Bertz CT molecular complexity index is 1000. The Morgan fingerprint density at radius 2 is 1.73 bits per heavy atom. The lowest BCUT2D eigenvalue weighted by atomic mass is 10.0. The highest BCUT2D eigenvalue weighted by Crippen LogP contribution is 2.32. The summed E-state index contributed by atoms with van der Waals surface area (Å²) in [7, 11) is 1.60. The van der Waals surface area contributed by atoms with Gasteiger partial charge in [-0.3, -0.25) is 4.79 Å². The maximum atomic E-state index is 13.3. The van der Waals surface area contributed by atoms with Crippen molar-refractivity contribution in [3.8, 4) is 11.5 Å². The summed E-state index contributed by atoms with van der Waals surface area (Å²) in [6.45, 7) is 6.47. The molecule has 0 aliphatic carbocycles. The van der Waals surface area contributed by atoms with Crippen molar-refractivity contribution in [2.75, 3.05) is 24.4 Å². The molecule has 0 heterocycles. The van der Waals surface area contributed by atoms with E-state index in [4.69, 9.17) is 9.47 Å². The first-order chi connectivity index (χ1) is 14.5. The highest BCUT2D eigenvalue weighted by molar-refractivity contribution is 5.98. The Hall–Kier alpha value is -3.47. The van der Waals surface area contributed by atoms with Gasteiger partial charge >= 0.3 is 0 Å². The van der Waals surface area contributed by atoms with Gasteiger partial charge in [-0.2, -0.15) is 0 Å². The fourth-order valence-electron chi connectivity index (χ4n) is 3.22. The molecule has 3 aromatic rings. The van der Waals surface area contributed by atoms with Crippen LogP contribution in [0.15, 0.2) is 66.7 Å². The van der Waals surface area contributed by atoms with Crippen LogP contribution in [-0.4, -0.2) is 19.6 Å². The summed E-state index contributed by atoms with van der Waals surface area (Å²) in [5.74, 6) is 1.15. The molecular formula is C25H28N2O3. The molecule has 3 aromatic carbocycles. The molecule has 3 rings (SSSR count). The first-order valence-electron chi connectivity index (χ1n) is 10.0. The van der Waals surface area contributed by atoms with Crippen LogP contribution in [0.5, 0.6) is 11.5 Å². The molecule has 0 saturated heterocycles. The Morgan fingerprint density at radius 1 is 0.967 bits per heavy atom. The average Bonchev–Trinajstić information content (AvgIpc) is 2.76. The van der Waals surface area contributed by atoms with E-state index in [1.54, 1.807) is 7.11 Å². The topological polar surface area (TPSA) is 59.6 Å². The molecule has 30 heavy (non-hydrogen) atoms. The number of carbonyl (C=O) groups is 1. The first kappa shape index (κ1) is 21.2. The zero-order chi connectivity index (χ0) is 21.5. The third-order valence-corrected chi connectivity index (χ3v) is 4.82. The highest BCUT2D eigenvalue weighted by Gasteiger charge is 2.22. The lowest BCUT2D eigenvalue weighted by Gasteiger charge is -2.21. The van der Waals surface area contributed by atoms with Crippen molar-refractivity contribution in [3.05, 3.63) is 83.4 Å². The summed E-state index contributed by atoms with van der Waals surface area (Å²) in [6, 6.07) is 20.7. The van der Waals surface area contributed by atoms with Crippen LogP contribution < -0.4 is 20.1 Å². The van der Waals surface area contributed by atoms with Gasteiger partial charge in [0.1, 0.15) is 6.04 Å². The predicted molar refractivity (Wildman–Crippen MR) is 122 cm³/mol. The number of rotatable bonds is 8. The van der Waals surface area contributed by atoms with Gasteiger partial charge in [-0.15, -0.1) is 0 Å². The molecule has 1 atom stereocenters. The standard InChI is InChI=1S/C25H28N2O3/c1-5-30-22-14-13-20(16-23(22)29-4)26-24(19-9-7-6-8-10-19)25(28)27-21-15-17(2)11-12-18(21)3/h6-16,24,26H,5H2,1-4H3,(H,27,28)/t24-/m1/s1. The number of methoxy groups -OCH3 is 1. The van der Waals surface area contributed by atoms with Crippen LogP contribution in [0.25, 0.3) is 0 Å². The molecule has 1 amide bonds. The van der Waals surface area contributed by atoms with E-state index in [0.29, 0.717) is 18.1 Å². The SMILES string of the molecule is CCOc1ccc(N[C@@H](C(=O)Nc2cc(C)ccc2C)c2ccccc2)cc1OC. The van der Waals surface area contributed by atoms with E-state index in [1.165, 1.54) is 0 Å². The summed E-state index contributed by atoms with van der Waals surface area (Å²) < 4.78 is 11.0. The van der Waals surface area contributed by atoms with Crippen LogP contribution >= 0.6 is 0 Å². The normalized spacial score (nSPS) is 11.5. The third-order valence-electron chi connectivity index (χ3n) is 4.82. The smallest absolute Gasteiger partial charge is 0.251 e. The second-order valence-corrected chi connectivity index (χ2v) is 7.09. The molecule has 5 heteroatoms.